The Morgan fingerprint density at radius 2 is 1.96 bits per heavy atom. The van der Waals surface area contributed by atoms with Crippen LogP contribution < -0.4 is 0 Å². The minimum Gasteiger partial charge on any atom is -0.444 e. The standard InChI is InChI=1S/C21H31N3O3/c1-6-16(2)19(25)24(15-17-9-7-8-12-22-17)18-10-13-23(14-11-18)20(26)27-21(3,4)5/h6-9,12,18H,10-11,13-15H2,1-5H3/b16-6+. The van der Waals surface area contributed by atoms with E-state index in [1.807, 2.05) is 63.8 Å². The number of aromatic nitrogens is 1. The molecule has 27 heavy (non-hydrogen) atoms. The van der Waals surface area contributed by atoms with Crippen molar-refractivity contribution >= 4 is 12.0 Å². The van der Waals surface area contributed by atoms with Crippen LogP contribution in [-0.4, -0.2) is 51.5 Å². The SMILES string of the molecule is C/C=C(\C)C(=O)N(Cc1ccccn1)C1CCN(C(=O)OC(C)(C)C)CC1. The van der Waals surface area contributed by atoms with E-state index in [4.69, 9.17) is 4.74 Å². The van der Waals surface area contributed by atoms with Crippen molar-refractivity contribution in [1.82, 2.24) is 14.8 Å². The minimum atomic E-state index is -0.502. The first-order chi connectivity index (χ1) is 12.7. The molecular weight excluding hydrogens is 342 g/mol. The molecule has 6 heteroatoms. The van der Waals surface area contributed by atoms with Crippen molar-refractivity contribution in [3.63, 3.8) is 0 Å². The third-order valence-corrected chi connectivity index (χ3v) is 4.65. The number of carbonyl (C=O) groups is 2. The van der Waals surface area contributed by atoms with Crippen molar-refractivity contribution in [3.8, 4) is 0 Å². The van der Waals surface area contributed by atoms with Gasteiger partial charge in [-0.3, -0.25) is 9.78 Å². The maximum absolute atomic E-state index is 12.9. The number of amides is 2. The number of allylic oxidation sites excluding steroid dienone is 1. The zero-order chi connectivity index (χ0) is 20.0. The van der Waals surface area contributed by atoms with Gasteiger partial charge in [-0.1, -0.05) is 12.1 Å². The predicted octanol–water partition coefficient (Wildman–Crippen LogP) is 3.78. The normalized spacial score (nSPS) is 16.2. The van der Waals surface area contributed by atoms with Gasteiger partial charge < -0.3 is 14.5 Å². The lowest BCUT2D eigenvalue weighted by Crippen LogP contribution is -2.49. The van der Waals surface area contributed by atoms with Crippen LogP contribution in [0, 0.1) is 0 Å². The molecule has 0 spiro atoms. The van der Waals surface area contributed by atoms with Crippen LogP contribution in [0.15, 0.2) is 36.0 Å². The van der Waals surface area contributed by atoms with E-state index in [0.717, 1.165) is 24.1 Å². The average molecular weight is 373 g/mol. The fourth-order valence-corrected chi connectivity index (χ4v) is 3.07. The van der Waals surface area contributed by atoms with Crippen molar-refractivity contribution in [2.24, 2.45) is 0 Å². The molecular formula is C21H31N3O3. The molecule has 1 fully saturated rings. The van der Waals surface area contributed by atoms with E-state index in [2.05, 4.69) is 4.98 Å². The number of likely N-dealkylation sites (tertiary alicyclic amines) is 1. The minimum absolute atomic E-state index is 0.0267. The maximum Gasteiger partial charge on any atom is 0.410 e. The molecule has 1 aromatic heterocycles. The molecule has 0 aromatic carbocycles. The highest BCUT2D eigenvalue weighted by Gasteiger charge is 2.32. The van der Waals surface area contributed by atoms with Crippen LogP contribution >= 0.6 is 0 Å². The smallest absolute Gasteiger partial charge is 0.410 e. The Bertz CT molecular complexity index is 672. The Kier molecular flexibility index (Phi) is 6.99. The van der Waals surface area contributed by atoms with Gasteiger partial charge >= 0.3 is 6.09 Å². The summed E-state index contributed by atoms with van der Waals surface area (Å²) in [6.45, 7) is 10.9. The van der Waals surface area contributed by atoms with Crippen LogP contribution in [0.2, 0.25) is 0 Å². The summed E-state index contributed by atoms with van der Waals surface area (Å²) in [5.74, 6) is 0.0267. The fourth-order valence-electron chi connectivity index (χ4n) is 3.07. The molecule has 1 saturated heterocycles. The monoisotopic (exact) mass is 373 g/mol. The largest absolute Gasteiger partial charge is 0.444 e. The quantitative estimate of drug-likeness (QED) is 0.754. The summed E-state index contributed by atoms with van der Waals surface area (Å²) in [6.07, 6.45) is 4.76. The lowest BCUT2D eigenvalue weighted by Gasteiger charge is -2.39. The number of carbonyl (C=O) groups excluding carboxylic acids is 2. The lowest BCUT2D eigenvalue weighted by atomic mass is 10.0. The van der Waals surface area contributed by atoms with Gasteiger partial charge in [-0.25, -0.2) is 4.79 Å². The van der Waals surface area contributed by atoms with E-state index in [0.29, 0.717) is 19.6 Å². The van der Waals surface area contributed by atoms with Crippen LogP contribution in [0.25, 0.3) is 0 Å². The lowest BCUT2D eigenvalue weighted by molar-refractivity contribution is -0.131. The molecule has 2 rings (SSSR count). The molecule has 0 N–H and O–H groups in total. The first-order valence-electron chi connectivity index (χ1n) is 9.53. The van der Waals surface area contributed by atoms with Crippen molar-refractivity contribution in [2.45, 2.75) is 65.6 Å². The number of pyridine rings is 1. The molecule has 0 radical (unpaired) electrons. The third-order valence-electron chi connectivity index (χ3n) is 4.65. The van der Waals surface area contributed by atoms with Crippen LogP contribution in [-0.2, 0) is 16.1 Å². The molecule has 0 saturated carbocycles. The summed E-state index contributed by atoms with van der Waals surface area (Å²) in [6, 6.07) is 5.81. The van der Waals surface area contributed by atoms with Gasteiger partial charge in [0.15, 0.2) is 0 Å². The molecule has 6 nitrogen and oxygen atoms in total. The summed E-state index contributed by atoms with van der Waals surface area (Å²) < 4.78 is 5.46. The highest BCUT2D eigenvalue weighted by atomic mass is 16.6. The van der Waals surface area contributed by atoms with Gasteiger partial charge in [0, 0.05) is 30.9 Å². The molecule has 2 amide bonds. The maximum atomic E-state index is 12.9. The van der Waals surface area contributed by atoms with Crippen molar-refractivity contribution < 1.29 is 14.3 Å². The Labute approximate surface area is 162 Å². The Hall–Kier alpha value is -2.37. The van der Waals surface area contributed by atoms with Gasteiger partial charge in [0.25, 0.3) is 0 Å². The molecule has 0 atom stereocenters. The second-order valence-corrected chi connectivity index (χ2v) is 7.92. The number of hydrogen-bond acceptors (Lipinski definition) is 4. The van der Waals surface area contributed by atoms with Crippen molar-refractivity contribution in [1.29, 1.82) is 0 Å². The average Bonchev–Trinajstić information content (AvgIpc) is 2.64. The van der Waals surface area contributed by atoms with Crippen molar-refractivity contribution in [3.05, 3.63) is 41.7 Å². The topological polar surface area (TPSA) is 62.7 Å². The van der Waals surface area contributed by atoms with Gasteiger partial charge in [-0.2, -0.15) is 0 Å². The molecule has 0 aliphatic carbocycles. The first kappa shape index (κ1) is 20.9. The Morgan fingerprint density at radius 1 is 1.30 bits per heavy atom. The van der Waals surface area contributed by atoms with Crippen molar-refractivity contribution in [2.75, 3.05) is 13.1 Å². The molecule has 0 unspecified atom stereocenters. The van der Waals surface area contributed by atoms with Crippen LogP contribution in [0.4, 0.5) is 4.79 Å². The molecule has 2 heterocycles. The van der Waals surface area contributed by atoms with Gasteiger partial charge in [0.2, 0.25) is 5.91 Å². The highest BCUT2D eigenvalue weighted by molar-refractivity contribution is 5.93. The Morgan fingerprint density at radius 3 is 2.48 bits per heavy atom. The highest BCUT2D eigenvalue weighted by Crippen LogP contribution is 2.22. The van der Waals surface area contributed by atoms with Crippen LogP contribution in [0.3, 0.4) is 0 Å². The number of rotatable bonds is 4. The molecule has 1 aliphatic heterocycles. The van der Waals surface area contributed by atoms with Crippen LogP contribution in [0.5, 0.6) is 0 Å². The summed E-state index contributed by atoms with van der Waals surface area (Å²) in [5, 5.41) is 0. The van der Waals surface area contributed by atoms with E-state index < -0.39 is 5.60 Å². The zero-order valence-corrected chi connectivity index (χ0v) is 17.1. The fraction of sp³-hybridized carbons (Fsp3) is 0.571. The van der Waals surface area contributed by atoms with E-state index in [-0.39, 0.29) is 18.0 Å². The summed E-state index contributed by atoms with van der Waals surface area (Å²) in [5.41, 5.74) is 1.09. The summed E-state index contributed by atoms with van der Waals surface area (Å²) in [7, 11) is 0. The van der Waals surface area contributed by atoms with E-state index >= 15 is 0 Å². The van der Waals surface area contributed by atoms with E-state index in [1.54, 1.807) is 11.1 Å². The second-order valence-electron chi connectivity index (χ2n) is 7.92. The predicted molar refractivity (Wildman–Crippen MR) is 105 cm³/mol. The van der Waals surface area contributed by atoms with Gasteiger partial charge in [0.05, 0.1) is 12.2 Å². The summed E-state index contributed by atoms with van der Waals surface area (Å²) >= 11 is 0. The summed E-state index contributed by atoms with van der Waals surface area (Å²) in [4.78, 5) is 33.2. The van der Waals surface area contributed by atoms with Gasteiger partial charge in [-0.15, -0.1) is 0 Å². The number of hydrogen-bond donors (Lipinski definition) is 0. The number of nitrogens with zero attached hydrogens (tertiary/aromatic N) is 3. The van der Waals surface area contributed by atoms with Crippen LogP contribution in [0.1, 0.15) is 53.2 Å². The molecule has 148 valence electrons. The number of piperidine rings is 1. The molecule has 1 aromatic rings. The molecule has 0 bridgehead atoms. The second kappa shape index (κ2) is 9.02. The first-order valence-corrected chi connectivity index (χ1v) is 9.53. The zero-order valence-electron chi connectivity index (χ0n) is 17.1. The number of ether oxygens (including phenoxy) is 1. The van der Waals surface area contributed by atoms with Gasteiger partial charge in [0.1, 0.15) is 5.60 Å². The Balaban J connectivity index is 2.07. The van der Waals surface area contributed by atoms with E-state index in [1.165, 1.54) is 0 Å². The molecule has 1 aliphatic rings. The third kappa shape index (κ3) is 6.08. The van der Waals surface area contributed by atoms with Gasteiger partial charge in [-0.05, 0) is 59.6 Å². The van der Waals surface area contributed by atoms with E-state index in [9.17, 15) is 9.59 Å².